The first-order valence-corrected chi connectivity index (χ1v) is 6.88. The number of nitrogens with zero attached hydrogens (tertiary/aromatic N) is 5. The average molecular weight is 316 g/mol. The molecule has 0 aliphatic carbocycles. The summed E-state index contributed by atoms with van der Waals surface area (Å²) in [7, 11) is 1.68. The van der Waals surface area contributed by atoms with Crippen molar-refractivity contribution in [3.05, 3.63) is 51.8 Å². The van der Waals surface area contributed by atoms with Crippen molar-refractivity contribution < 1.29 is 9.72 Å². The number of carbonyl (C=O) groups excluding carboxylic acids is 1. The molecule has 1 aromatic heterocycles. The number of benzene rings is 1. The van der Waals surface area contributed by atoms with Crippen LogP contribution < -0.4 is 0 Å². The van der Waals surface area contributed by atoms with Crippen LogP contribution >= 0.6 is 0 Å². The van der Waals surface area contributed by atoms with Crippen LogP contribution in [0, 0.1) is 10.1 Å². The molecule has 1 amide bonds. The number of nitro benzene ring substituents is 1. The van der Waals surface area contributed by atoms with Gasteiger partial charge in [-0.2, -0.15) is 5.21 Å². The number of likely N-dealkylation sites (N-methyl/N-ethyl adjacent to an activating group) is 1. The Morgan fingerprint density at radius 1 is 1.43 bits per heavy atom. The second kappa shape index (κ2) is 7.25. The molecule has 0 radical (unpaired) electrons. The lowest BCUT2D eigenvalue weighted by atomic mass is 10.1. The molecule has 0 aliphatic heterocycles. The zero-order chi connectivity index (χ0) is 16.8. The van der Waals surface area contributed by atoms with Gasteiger partial charge in [-0.1, -0.05) is 12.1 Å². The first kappa shape index (κ1) is 16.3. The molecule has 120 valence electrons. The van der Waals surface area contributed by atoms with Crippen molar-refractivity contribution in [1.82, 2.24) is 25.5 Å². The van der Waals surface area contributed by atoms with E-state index >= 15 is 0 Å². The third kappa shape index (κ3) is 4.43. The number of non-ortho nitro benzene ring substituents is 1. The maximum atomic E-state index is 12.1. The predicted octanol–water partition coefficient (Wildman–Crippen LogP) is 1.38. The lowest BCUT2D eigenvalue weighted by Crippen LogP contribution is -2.29. The van der Waals surface area contributed by atoms with E-state index in [0.717, 1.165) is 0 Å². The van der Waals surface area contributed by atoms with E-state index in [1.807, 2.05) is 6.92 Å². The van der Waals surface area contributed by atoms with Gasteiger partial charge in [-0.15, -0.1) is 10.2 Å². The van der Waals surface area contributed by atoms with Crippen molar-refractivity contribution in [1.29, 1.82) is 0 Å². The highest BCUT2D eigenvalue weighted by molar-refractivity contribution is 5.91. The number of nitro groups is 1. The number of carbonyl (C=O) groups is 1. The topological polar surface area (TPSA) is 118 Å². The number of amides is 1. The molecule has 1 unspecified atom stereocenters. The van der Waals surface area contributed by atoms with Gasteiger partial charge in [0.05, 0.1) is 4.92 Å². The van der Waals surface area contributed by atoms with E-state index in [0.29, 0.717) is 17.9 Å². The minimum Gasteiger partial charge on any atom is -0.341 e. The third-order valence-electron chi connectivity index (χ3n) is 3.25. The highest BCUT2D eigenvalue weighted by Crippen LogP contribution is 2.13. The summed E-state index contributed by atoms with van der Waals surface area (Å²) in [5.41, 5.74) is 0.725. The molecule has 1 atom stereocenters. The molecule has 23 heavy (non-hydrogen) atoms. The summed E-state index contributed by atoms with van der Waals surface area (Å²) in [5.74, 6) is 0.318. The van der Waals surface area contributed by atoms with Crippen LogP contribution in [0.3, 0.4) is 0 Å². The molecular formula is C14H16N6O3. The van der Waals surface area contributed by atoms with Gasteiger partial charge in [0.15, 0.2) is 5.82 Å². The van der Waals surface area contributed by atoms with Gasteiger partial charge in [-0.3, -0.25) is 14.9 Å². The van der Waals surface area contributed by atoms with E-state index in [-0.39, 0.29) is 17.5 Å². The number of rotatable bonds is 6. The summed E-state index contributed by atoms with van der Waals surface area (Å²) in [6.45, 7) is 2.34. The first-order chi connectivity index (χ1) is 11.0. The van der Waals surface area contributed by atoms with Crippen LogP contribution in [0.1, 0.15) is 24.2 Å². The maximum Gasteiger partial charge on any atom is 0.269 e. The highest BCUT2D eigenvalue weighted by Gasteiger charge is 2.15. The van der Waals surface area contributed by atoms with Crippen LogP contribution in [-0.2, 0) is 4.79 Å². The second-order valence-corrected chi connectivity index (χ2v) is 5.07. The first-order valence-electron chi connectivity index (χ1n) is 6.88. The minimum absolute atomic E-state index is 0.0135. The Morgan fingerprint density at radius 2 is 2.13 bits per heavy atom. The molecular weight excluding hydrogens is 300 g/mol. The van der Waals surface area contributed by atoms with Crippen molar-refractivity contribution in [2.24, 2.45) is 0 Å². The number of aromatic amines is 1. The van der Waals surface area contributed by atoms with E-state index in [2.05, 4.69) is 20.6 Å². The van der Waals surface area contributed by atoms with Crippen LogP contribution in [0.5, 0.6) is 0 Å². The maximum absolute atomic E-state index is 12.1. The Hall–Kier alpha value is -3.10. The predicted molar refractivity (Wildman–Crippen MR) is 82.4 cm³/mol. The molecule has 0 fully saturated rings. The van der Waals surface area contributed by atoms with Crippen molar-refractivity contribution in [3.63, 3.8) is 0 Å². The Labute approximate surface area is 132 Å². The van der Waals surface area contributed by atoms with Crippen LogP contribution in [0.15, 0.2) is 30.3 Å². The van der Waals surface area contributed by atoms with Gasteiger partial charge in [0.1, 0.15) is 0 Å². The number of aromatic nitrogens is 4. The van der Waals surface area contributed by atoms with Gasteiger partial charge in [-0.05, 0) is 23.8 Å². The summed E-state index contributed by atoms with van der Waals surface area (Å²) in [6, 6.07) is 5.96. The fourth-order valence-corrected chi connectivity index (χ4v) is 1.96. The standard InChI is InChI=1S/C14H16N6O3/c1-10(14-15-17-18-16-14)9-19(2)13(21)8-5-11-3-6-12(7-4-11)20(22)23/h3-8,10H,9H2,1-2H3,(H,15,16,17,18)/b8-5+. The monoisotopic (exact) mass is 316 g/mol. The van der Waals surface area contributed by atoms with E-state index in [1.165, 1.54) is 18.2 Å². The molecule has 1 aromatic carbocycles. The smallest absolute Gasteiger partial charge is 0.269 e. The molecule has 1 heterocycles. The fourth-order valence-electron chi connectivity index (χ4n) is 1.96. The van der Waals surface area contributed by atoms with Crippen LogP contribution in [0.25, 0.3) is 6.08 Å². The van der Waals surface area contributed by atoms with Crippen molar-refractivity contribution in [3.8, 4) is 0 Å². The Balaban J connectivity index is 1.93. The zero-order valence-corrected chi connectivity index (χ0v) is 12.7. The lowest BCUT2D eigenvalue weighted by Gasteiger charge is -2.18. The second-order valence-electron chi connectivity index (χ2n) is 5.07. The summed E-state index contributed by atoms with van der Waals surface area (Å²) in [6.07, 6.45) is 3.03. The van der Waals surface area contributed by atoms with Crippen molar-refractivity contribution >= 4 is 17.7 Å². The fraction of sp³-hybridized carbons (Fsp3) is 0.286. The Kier molecular flexibility index (Phi) is 5.13. The summed E-state index contributed by atoms with van der Waals surface area (Å²) in [4.78, 5) is 23.7. The van der Waals surface area contributed by atoms with E-state index in [1.54, 1.807) is 30.2 Å². The molecule has 0 saturated heterocycles. The largest absolute Gasteiger partial charge is 0.341 e. The normalized spacial score (nSPS) is 12.3. The quantitative estimate of drug-likeness (QED) is 0.488. The molecule has 0 saturated carbocycles. The third-order valence-corrected chi connectivity index (χ3v) is 3.25. The van der Waals surface area contributed by atoms with Gasteiger partial charge in [0.25, 0.3) is 5.69 Å². The summed E-state index contributed by atoms with van der Waals surface area (Å²) < 4.78 is 0. The van der Waals surface area contributed by atoms with E-state index in [4.69, 9.17) is 0 Å². The number of hydrogen-bond donors (Lipinski definition) is 1. The van der Waals surface area contributed by atoms with Gasteiger partial charge < -0.3 is 4.90 Å². The zero-order valence-electron chi connectivity index (χ0n) is 12.7. The number of hydrogen-bond acceptors (Lipinski definition) is 6. The van der Waals surface area contributed by atoms with E-state index in [9.17, 15) is 14.9 Å². The number of tetrazole rings is 1. The Morgan fingerprint density at radius 3 is 2.70 bits per heavy atom. The molecule has 1 N–H and O–H groups in total. The number of nitrogens with one attached hydrogen (secondary N) is 1. The van der Waals surface area contributed by atoms with Crippen molar-refractivity contribution in [2.45, 2.75) is 12.8 Å². The average Bonchev–Trinajstić information content (AvgIpc) is 3.07. The van der Waals surface area contributed by atoms with Crippen molar-refractivity contribution in [2.75, 3.05) is 13.6 Å². The molecule has 9 nitrogen and oxygen atoms in total. The molecule has 0 bridgehead atoms. The summed E-state index contributed by atoms with van der Waals surface area (Å²) in [5, 5.41) is 24.2. The molecule has 0 spiro atoms. The van der Waals surface area contributed by atoms with Crippen LogP contribution in [-0.4, -0.2) is 49.9 Å². The van der Waals surface area contributed by atoms with Gasteiger partial charge in [-0.25, -0.2) is 0 Å². The minimum atomic E-state index is -0.467. The van der Waals surface area contributed by atoms with Crippen LogP contribution in [0.4, 0.5) is 5.69 Å². The molecule has 9 heteroatoms. The van der Waals surface area contributed by atoms with E-state index < -0.39 is 4.92 Å². The molecule has 2 rings (SSSR count). The molecule has 0 aliphatic rings. The Bertz CT molecular complexity index is 696. The van der Waals surface area contributed by atoms with Gasteiger partial charge in [0, 0.05) is 37.7 Å². The highest BCUT2D eigenvalue weighted by atomic mass is 16.6. The van der Waals surface area contributed by atoms with Gasteiger partial charge in [0.2, 0.25) is 5.91 Å². The number of H-pyrrole nitrogens is 1. The molecule has 2 aromatic rings. The lowest BCUT2D eigenvalue weighted by molar-refractivity contribution is -0.384. The van der Waals surface area contributed by atoms with Gasteiger partial charge >= 0.3 is 0 Å². The van der Waals surface area contributed by atoms with Crippen LogP contribution in [0.2, 0.25) is 0 Å². The summed E-state index contributed by atoms with van der Waals surface area (Å²) >= 11 is 0. The SMILES string of the molecule is CC(CN(C)C(=O)/C=C/c1ccc([N+](=O)[O-])cc1)c1nn[nH]n1.